The molecular weight excluding hydrogens is 443 g/mol. The summed E-state index contributed by atoms with van der Waals surface area (Å²) in [6.45, 7) is 11.2. The molecule has 1 aliphatic carbocycles. The lowest BCUT2D eigenvalue weighted by molar-refractivity contribution is 0.103. The molecule has 168 valence electrons. The lowest BCUT2D eigenvalue weighted by Crippen LogP contribution is -2.27. The Morgan fingerprint density at radius 3 is 2.62 bits per heavy atom. The molecule has 4 rings (SSSR count). The van der Waals surface area contributed by atoms with Crippen LogP contribution in [0.25, 0.3) is 0 Å². The third-order valence-corrected chi connectivity index (χ3v) is 7.03. The van der Waals surface area contributed by atoms with Gasteiger partial charge in [0.2, 0.25) is 5.88 Å². The van der Waals surface area contributed by atoms with Crippen LogP contribution in [0.4, 0.5) is 0 Å². The summed E-state index contributed by atoms with van der Waals surface area (Å²) in [6, 6.07) is 7.05. The largest absolute Gasteiger partial charge is 0.437 e. The first-order valence-electron chi connectivity index (χ1n) is 11.0. The van der Waals surface area contributed by atoms with Crippen LogP contribution in [0.3, 0.4) is 0 Å². The number of carbonyl (C=O) groups excluding carboxylic acids is 1. The predicted molar refractivity (Wildman–Crippen MR) is 130 cm³/mol. The normalized spacial score (nSPS) is 14.8. The van der Waals surface area contributed by atoms with E-state index in [-0.39, 0.29) is 11.2 Å². The van der Waals surface area contributed by atoms with Crippen molar-refractivity contribution in [2.45, 2.75) is 65.8 Å². The number of fused-ring (bicyclic) bond motifs is 1. The number of aryl methyl sites for hydroxylation is 2. The number of aromatic nitrogens is 2. The van der Waals surface area contributed by atoms with Gasteiger partial charge in [-0.05, 0) is 92.0 Å². The van der Waals surface area contributed by atoms with E-state index < -0.39 is 0 Å². The monoisotopic (exact) mass is 470 g/mol. The molecule has 1 aromatic heterocycles. The fraction of sp³-hybridized carbons (Fsp3) is 0.385. The highest BCUT2D eigenvalue weighted by molar-refractivity contribution is 6.35. The summed E-state index contributed by atoms with van der Waals surface area (Å²) in [7, 11) is 0. The Labute approximate surface area is 199 Å². The molecule has 3 aromatic rings. The van der Waals surface area contributed by atoms with Crippen LogP contribution in [-0.2, 0) is 18.4 Å². The van der Waals surface area contributed by atoms with E-state index in [0.29, 0.717) is 39.3 Å². The van der Waals surface area contributed by atoms with Crippen molar-refractivity contribution in [1.29, 1.82) is 0 Å². The van der Waals surface area contributed by atoms with Crippen molar-refractivity contribution in [1.82, 2.24) is 9.78 Å². The van der Waals surface area contributed by atoms with Gasteiger partial charge >= 0.3 is 0 Å². The number of ketones is 1. The van der Waals surface area contributed by atoms with E-state index in [1.54, 1.807) is 29.1 Å². The zero-order valence-electron chi connectivity index (χ0n) is 19.2. The number of rotatable bonds is 5. The van der Waals surface area contributed by atoms with Crippen LogP contribution >= 0.6 is 23.2 Å². The van der Waals surface area contributed by atoms with Crippen LogP contribution in [-0.4, -0.2) is 15.6 Å². The molecule has 0 unspecified atom stereocenters. The first-order valence-corrected chi connectivity index (χ1v) is 11.8. The number of nitrogens with zero attached hydrogens (tertiary/aromatic N) is 2. The Morgan fingerprint density at radius 2 is 1.94 bits per heavy atom. The maximum atomic E-state index is 13.8. The first kappa shape index (κ1) is 22.9. The lowest BCUT2D eigenvalue weighted by Gasteiger charge is -2.36. The summed E-state index contributed by atoms with van der Waals surface area (Å²) in [5, 5.41) is 5.29. The summed E-state index contributed by atoms with van der Waals surface area (Å²) in [6.07, 6.45) is 4.95. The van der Waals surface area contributed by atoms with E-state index in [1.807, 2.05) is 13.0 Å². The maximum absolute atomic E-state index is 13.8. The zero-order valence-corrected chi connectivity index (χ0v) is 20.7. The summed E-state index contributed by atoms with van der Waals surface area (Å²) in [4.78, 5) is 13.8. The molecule has 0 bridgehead atoms. The van der Waals surface area contributed by atoms with E-state index >= 15 is 0 Å². The van der Waals surface area contributed by atoms with E-state index in [9.17, 15) is 4.79 Å². The quantitative estimate of drug-likeness (QED) is 0.363. The molecule has 0 amide bonds. The van der Waals surface area contributed by atoms with E-state index in [1.165, 1.54) is 23.1 Å². The molecule has 6 heteroatoms. The fourth-order valence-corrected chi connectivity index (χ4v) is 5.39. The molecule has 1 heterocycles. The minimum absolute atomic E-state index is 0.0441. The van der Waals surface area contributed by atoms with Crippen molar-refractivity contribution in [2.24, 2.45) is 0 Å². The Morgan fingerprint density at radius 1 is 1.19 bits per heavy atom. The van der Waals surface area contributed by atoms with Gasteiger partial charge in [0.15, 0.2) is 5.78 Å². The van der Waals surface area contributed by atoms with Crippen molar-refractivity contribution in [2.75, 3.05) is 0 Å². The minimum Gasteiger partial charge on any atom is -0.437 e. The van der Waals surface area contributed by atoms with Crippen LogP contribution < -0.4 is 4.74 Å². The van der Waals surface area contributed by atoms with Crippen molar-refractivity contribution in [3.8, 4) is 11.6 Å². The van der Waals surface area contributed by atoms with Crippen LogP contribution in [0, 0.1) is 13.8 Å². The molecule has 0 atom stereocenters. The zero-order chi connectivity index (χ0) is 23.2. The van der Waals surface area contributed by atoms with Gasteiger partial charge in [-0.1, -0.05) is 37.0 Å². The second-order valence-corrected chi connectivity index (χ2v) is 9.99. The maximum Gasteiger partial charge on any atom is 0.229 e. The Kier molecular flexibility index (Phi) is 6.12. The molecule has 2 aromatic carbocycles. The Hall–Kier alpha value is -2.30. The number of carbonyl (C=O) groups is 1. The fourth-order valence-electron chi connectivity index (χ4n) is 4.95. The molecule has 32 heavy (non-hydrogen) atoms. The highest BCUT2D eigenvalue weighted by atomic mass is 35.5. The smallest absolute Gasteiger partial charge is 0.229 e. The predicted octanol–water partition coefficient (Wildman–Crippen LogP) is 7.46. The third-order valence-electron chi connectivity index (χ3n) is 6.50. The van der Waals surface area contributed by atoms with Crippen molar-refractivity contribution >= 4 is 29.0 Å². The summed E-state index contributed by atoms with van der Waals surface area (Å²) in [5.41, 5.74) is 6.12. The standard InChI is InChI=1S/C26H28Cl2N2O2/c1-6-30-25(32-22-10-9-17(27)13-21(22)28)20(14-29-30)24(31)19-12-15(2)18-8-7-11-26(4,5)23(18)16(19)3/h9-10,12-14H,6-8,11H2,1-5H3. The molecule has 0 saturated carbocycles. The molecule has 0 radical (unpaired) electrons. The number of hydrogen-bond donors (Lipinski definition) is 0. The molecule has 1 aliphatic rings. The molecule has 0 saturated heterocycles. The highest BCUT2D eigenvalue weighted by Gasteiger charge is 2.33. The number of ether oxygens (including phenoxy) is 1. The van der Waals surface area contributed by atoms with Crippen molar-refractivity contribution < 1.29 is 9.53 Å². The Balaban J connectivity index is 1.81. The number of halogens is 2. The molecule has 4 nitrogen and oxygen atoms in total. The van der Waals surface area contributed by atoms with Gasteiger partial charge in [0.1, 0.15) is 11.3 Å². The van der Waals surface area contributed by atoms with E-state index in [2.05, 4.69) is 32.8 Å². The van der Waals surface area contributed by atoms with Gasteiger partial charge in [0.05, 0.1) is 11.2 Å². The molecular formula is C26H28Cl2N2O2. The Bertz CT molecular complexity index is 1210. The average Bonchev–Trinajstić information content (AvgIpc) is 3.14. The van der Waals surface area contributed by atoms with Crippen molar-refractivity contribution in [3.05, 3.63) is 73.9 Å². The van der Waals surface area contributed by atoms with Gasteiger partial charge < -0.3 is 4.74 Å². The molecule has 0 aliphatic heterocycles. The van der Waals surface area contributed by atoms with Gasteiger partial charge in [-0.3, -0.25) is 4.79 Å². The second kappa shape index (κ2) is 8.57. The SMILES string of the molecule is CCn1ncc(C(=O)c2cc(C)c3c(c2C)C(C)(C)CCC3)c1Oc1ccc(Cl)cc1Cl. The van der Waals surface area contributed by atoms with Crippen LogP contribution in [0.1, 0.15) is 71.8 Å². The van der Waals surface area contributed by atoms with Gasteiger partial charge in [0.25, 0.3) is 0 Å². The lowest BCUT2D eigenvalue weighted by atomic mass is 9.68. The summed E-state index contributed by atoms with van der Waals surface area (Å²) in [5.74, 6) is 0.727. The van der Waals surface area contributed by atoms with Gasteiger partial charge in [0, 0.05) is 17.1 Å². The third kappa shape index (κ3) is 3.95. The van der Waals surface area contributed by atoms with Gasteiger partial charge in [-0.15, -0.1) is 0 Å². The van der Waals surface area contributed by atoms with Gasteiger partial charge in [-0.25, -0.2) is 4.68 Å². The summed E-state index contributed by atoms with van der Waals surface area (Å²) < 4.78 is 7.78. The first-order chi connectivity index (χ1) is 15.1. The van der Waals surface area contributed by atoms with Crippen LogP contribution in [0.2, 0.25) is 10.0 Å². The summed E-state index contributed by atoms with van der Waals surface area (Å²) >= 11 is 12.3. The number of benzene rings is 2. The topological polar surface area (TPSA) is 44.1 Å². The van der Waals surface area contributed by atoms with Crippen LogP contribution in [0.15, 0.2) is 30.5 Å². The van der Waals surface area contributed by atoms with E-state index in [4.69, 9.17) is 27.9 Å². The number of hydrogen-bond acceptors (Lipinski definition) is 3. The molecule has 0 spiro atoms. The molecule has 0 fully saturated rings. The van der Waals surface area contributed by atoms with E-state index in [0.717, 1.165) is 18.4 Å². The molecule has 0 N–H and O–H groups in total. The minimum atomic E-state index is -0.0884. The highest BCUT2D eigenvalue weighted by Crippen LogP contribution is 2.42. The van der Waals surface area contributed by atoms with Crippen molar-refractivity contribution in [3.63, 3.8) is 0 Å². The van der Waals surface area contributed by atoms with Gasteiger partial charge in [-0.2, -0.15) is 5.10 Å². The average molecular weight is 471 g/mol. The van der Waals surface area contributed by atoms with Crippen LogP contribution in [0.5, 0.6) is 11.6 Å². The second-order valence-electron chi connectivity index (χ2n) is 9.14.